The number of halogens is 2. The van der Waals surface area contributed by atoms with Crippen LogP contribution in [0.3, 0.4) is 0 Å². The fraction of sp³-hybridized carbons (Fsp3) is 0.333. The van der Waals surface area contributed by atoms with Crippen LogP contribution < -0.4 is 4.74 Å². The second-order valence-electron chi connectivity index (χ2n) is 5.23. The van der Waals surface area contributed by atoms with E-state index in [0.29, 0.717) is 5.92 Å². The van der Waals surface area contributed by atoms with Crippen molar-refractivity contribution in [3.05, 3.63) is 65.0 Å². The second kappa shape index (κ2) is 7.08. The SMILES string of the molecule is CCC(C)c1ccc(C(Br)c2ccc(OC)c(F)c2)cc1. The molecular formula is C18H20BrFO. The van der Waals surface area contributed by atoms with Crippen molar-refractivity contribution < 1.29 is 9.13 Å². The van der Waals surface area contributed by atoms with Crippen molar-refractivity contribution >= 4 is 15.9 Å². The molecule has 3 heteroatoms. The van der Waals surface area contributed by atoms with E-state index < -0.39 is 0 Å². The molecule has 2 atom stereocenters. The number of methoxy groups -OCH3 is 1. The summed E-state index contributed by atoms with van der Waals surface area (Å²) < 4.78 is 18.7. The Balaban J connectivity index is 2.23. The Morgan fingerprint density at radius 1 is 1.05 bits per heavy atom. The summed E-state index contributed by atoms with van der Waals surface area (Å²) in [5.41, 5.74) is 3.33. The van der Waals surface area contributed by atoms with Crippen molar-refractivity contribution in [2.24, 2.45) is 0 Å². The van der Waals surface area contributed by atoms with Crippen molar-refractivity contribution in [2.75, 3.05) is 7.11 Å². The van der Waals surface area contributed by atoms with Crippen molar-refractivity contribution in [3.63, 3.8) is 0 Å². The van der Waals surface area contributed by atoms with Gasteiger partial charge in [-0.1, -0.05) is 60.1 Å². The van der Waals surface area contributed by atoms with E-state index in [4.69, 9.17) is 4.74 Å². The van der Waals surface area contributed by atoms with Gasteiger partial charge in [-0.15, -0.1) is 0 Å². The molecule has 0 aliphatic rings. The van der Waals surface area contributed by atoms with Crippen LogP contribution >= 0.6 is 15.9 Å². The zero-order valence-corrected chi connectivity index (χ0v) is 14.2. The Labute approximate surface area is 134 Å². The van der Waals surface area contributed by atoms with Crippen molar-refractivity contribution in [2.45, 2.75) is 31.0 Å². The van der Waals surface area contributed by atoms with E-state index in [1.807, 2.05) is 6.07 Å². The lowest BCUT2D eigenvalue weighted by molar-refractivity contribution is 0.386. The van der Waals surface area contributed by atoms with Gasteiger partial charge in [-0.05, 0) is 41.2 Å². The lowest BCUT2D eigenvalue weighted by Crippen LogP contribution is -1.97. The predicted octanol–water partition coefficient (Wildman–Crippen LogP) is 5.83. The standard InChI is InChI=1S/C18H20BrFO/c1-4-12(2)13-5-7-14(8-6-13)18(19)15-9-10-17(21-3)16(20)11-15/h5-12,18H,4H2,1-3H3. The van der Waals surface area contributed by atoms with Gasteiger partial charge in [0.2, 0.25) is 0 Å². The summed E-state index contributed by atoms with van der Waals surface area (Å²) in [5, 5.41) is 0. The van der Waals surface area contributed by atoms with Crippen molar-refractivity contribution in [1.29, 1.82) is 0 Å². The van der Waals surface area contributed by atoms with E-state index in [9.17, 15) is 4.39 Å². The number of rotatable bonds is 5. The first-order valence-electron chi connectivity index (χ1n) is 7.14. The Hall–Kier alpha value is -1.35. The van der Waals surface area contributed by atoms with Gasteiger partial charge in [-0.3, -0.25) is 0 Å². The lowest BCUT2D eigenvalue weighted by Gasteiger charge is -2.14. The van der Waals surface area contributed by atoms with Gasteiger partial charge in [-0.2, -0.15) is 0 Å². The third kappa shape index (κ3) is 3.65. The molecule has 0 heterocycles. The molecule has 112 valence electrons. The van der Waals surface area contributed by atoms with Gasteiger partial charge in [0, 0.05) is 0 Å². The van der Waals surface area contributed by atoms with Gasteiger partial charge in [0.1, 0.15) is 0 Å². The fourth-order valence-electron chi connectivity index (χ4n) is 2.26. The Kier molecular flexibility index (Phi) is 5.40. The van der Waals surface area contributed by atoms with Gasteiger partial charge in [0.25, 0.3) is 0 Å². The van der Waals surface area contributed by atoms with Crippen LogP contribution in [0, 0.1) is 5.82 Å². The maximum Gasteiger partial charge on any atom is 0.165 e. The Morgan fingerprint density at radius 2 is 1.62 bits per heavy atom. The molecule has 0 saturated carbocycles. The summed E-state index contributed by atoms with van der Waals surface area (Å²) in [4.78, 5) is -0.0242. The highest BCUT2D eigenvalue weighted by atomic mass is 79.9. The van der Waals surface area contributed by atoms with Gasteiger partial charge < -0.3 is 4.74 Å². The Morgan fingerprint density at radius 3 is 2.14 bits per heavy atom. The first-order chi connectivity index (χ1) is 10.1. The van der Waals surface area contributed by atoms with Crippen molar-refractivity contribution in [1.82, 2.24) is 0 Å². The largest absolute Gasteiger partial charge is 0.494 e. The van der Waals surface area contributed by atoms with Crippen LogP contribution in [0.4, 0.5) is 4.39 Å². The highest BCUT2D eigenvalue weighted by molar-refractivity contribution is 9.09. The van der Waals surface area contributed by atoms with Crippen LogP contribution in [0.2, 0.25) is 0 Å². The van der Waals surface area contributed by atoms with Crippen LogP contribution in [0.15, 0.2) is 42.5 Å². The zero-order valence-electron chi connectivity index (χ0n) is 12.6. The van der Waals surface area contributed by atoms with E-state index in [-0.39, 0.29) is 16.4 Å². The molecule has 2 aromatic rings. The Bertz CT molecular complexity index is 595. The summed E-state index contributed by atoms with van der Waals surface area (Å²) in [6.07, 6.45) is 1.13. The molecular weight excluding hydrogens is 331 g/mol. The smallest absolute Gasteiger partial charge is 0.165 e. The van der Waals surface area contributed by atoms with Gasteiger partial charge >= 0.3 is 0 Å². The molecule has 0 bridgehead atoms. The van der Waals surface area contributed by atoms with E-state index >= 15 is 0 Å². The molecule has 0 N–H and O–H groups in total. The molecule has 1 nitrogen and oxygen atoms in total. The lowest BCUT2D eigenvalue weighted by atomic mass is 9.96. The molecule has 2 unspecified atom stereocenters. The summed E-state index contributed by atoms with van der Waals surface area (Å²) >= 11 is 3.65. The third-order valence-electron chi connectivity index (χ3n) is 3.88. The summed E-state index contributed by atoms with van der Waals surface area (Å²) in [5.74, 6) is 0.493. The molecule has 0 aromatic heterocycles. The maximum absolute atomic E-state index is 13.8. The molecule has 0 fully saturated rings. The van der Waals surface area contributed by atoms with Crippen LogP contribution in [0.1, 0.15) is 47.7 Å². The molecule has 0 aliphatic carbocycles. The van der Waals surface area contributed by atoms with Crippen LogP contribution in [0.5, 0.6) is 5.75 Å². The second-order valence-corrected chi connectivity index (χ2v) is 6.15. The van der Waals surface area contributed by atoms with Gasteiger partial charge in [0.15, 0.2) is 11.6 Å². The van der Waals surface area contributed by atoms with E-state index in [2.05, 4.69) is 54.0 Å². The van der Waals surface area contributed by atoms with Gasteiger partial charge in [0.05, 0.1) is 11.9 Å². The summed E-state index contributed by atoms with van der Waals surface area (Å²) in [6, 6.07) is 13.6. The number of hydrogen-bond donors (Lipinski definition) is 0. The normalized spacial score (nSPS) is 13.8. The van der Waals surface area contributed by atoms with E-state index in [1.54, 1.807) is 6.07 Å². The number of benzene rings is 2. The highest BCUT2D eigenvalue weighted by Crippen LogP contribution is 2.33. The third-order valence-corrected chi connectivity index (χ3v) is 4.94. The molecule has 0 saturated heterocycles. The quantitative estimate of drug-likeness (QED) is 0.616. The van der Waals surface area contributed by atoms with Crippen LogP contribution in [0.25, 0.3) is 0 Å². The number of alkyl halides is 1. The topological polar surface area (TPSA) is 9.23 Å². The molecule has 0 spiro atoms. The maximum atomic E-state index is 13.8. The fourth-order valence-corrected chi connectivity index (χ4v) is 2.85. The average Bonchev–Trinajstić information content (AvgIpc) is 2.53. The molecule has 0 radical (unpaired) electrons. The first-order valence-corrected chi connectivity index (χ1v) is 8.05. The van der Waals surface area contributed by atoms with Crippen molar-refractivity contribution in [3.8, 4) is 5.75 Å². The minimum absolute atomic E-state index is 0.0242. The molecule has 0 aliphatic heterocycles. The van der Waals surface area contributed by atoms with Crippen LogP contribution in [-0.4, -0.2) is 7.11 Å². The van der Waals surface area contributed by atoms with E-state index in [0.717, 1.165) is 17.5 Å². The summed E-state index contributed by atoms with van der Waals surface area (Å²) in [7, 11) is 1.47. The predicted molar refractivity (Wildman–Crippen MR) is 88.9 cm³/mol. The highest BCUT2D eigenvalue weighted by Gasteiger charge is 2.13. The zero-order chi connectivity index (χ0) is 15.4. The number of hydrogen-bond acceptors (Lipinski definition) is 1. The molecule has 2 aromatic carbocycles. The summed E-state index contributed by atoms with van der Waals surface area (Å²) in [6.45, 7) is 4.41. The first kappa shape index (κ1) is 16.0. The van der Waals surface area contributed by atoms with Crippen LogP contribution in [-0.2, 0) is 0 Å². The molecule has 2 rings (SSSR count). The monoisotopic (exact) mass is 350 g/mol. The van der Waals surface area contributed by atoms with E-state index in [1.165, 1.54) is 18.7 Å². The molecule has 21 heavy (non-hydrogen) atoms. The number of ether oxygens (including phenoxy) is 1. The minimum atomic E-state index is -0.337. The minimum Gasteiger partial charge on any atom is -0.494 e. The average molecular weight is 351 g/mol. The molecule has 0 amide bonds. The van der Waals surface area contributed by atoms with Gasteiger partial charge in [-0.25, -0.2) is 4.39 Å².